The van der Waals surface area contributed by atoms with Crippen molar-refractivity contribution in [1.82, 2.24) is 0 Å². The molecular weight excluding hydrogens is 511 g/mol. The number of benzene rings is 2. The van der Waals surface area contributed by atoms with Gasteiger partial charge in [-0.15, -0.1) is 11.3 Å². The number of hydrogen-bond acceptors (Lipinski definition) is 5. The van der Waals surface area contributed by atoms with Crippen molar-refractivity contribution in [3.8, 4) is 17.6 Å². The molecule has 3 aromatic rings. The fourth-order valence-electron chi connectivity index (χ4n) is 4.43. The Morgan fingerprint density at radius 3 is 2.61 bits per heavy atom. The van der Waals surface area contributed by atoms with Crippen molar-refractivity contribution in [2.24, 2.45) is 16.3 Å². The van der Waals surface area contributed by atoms with Crippen molar-refractivity contribution >= 4 is 45.8 Å². The lowest BCUT2D eigenvalue weighted by Gasteiger charge is -2.33. The third-order valence-electron chi connectivity index (χ3n) is 6.56. The minimum Gasteiger partial charge on any atom is -0.490 e. The summed E-state index contributed by atoms with van der Waals surface area (Å²) in [5.41, 5.74) is 3.97. The van der Waals surface area contributed by atoms with Crippen LogP contribution in [0, 0.1) is 22.7 Å². The predicted octanol–water partition coefficient (Wildman–Crippen LogP) is 8.81. The first-order valence-electron chi connectivity index (χ1n) is 12.1. The number of fused-ring (bicyclic) bond motifs is 1. The second-order valence-corrected chi connectivity index (χ2v) is 11.9. The molecule has 1 aromatic heterocycles. The molecule has 0 bridgehead atoms. The Hall–Kier alpha value is -2.52. The maximum Gasteiger partial charge on any atom is 0.161 e. The van der Waals surface area contributed by atoms with Crippen LogP contribution in [0.4, 0.5) is 5.00 Å². The molecule has 0 saturated carbocycles. The van der Waals surface area contributed by atoms with Crippen LogP contribution in [0.15, 0.2) is 41.4 Å². The zero-order valence-electron chi connectivity index (χ0n) is 21.0. The van der Waals surface area contributed by atoms with Crippen LogP contribution in [-0.4, -0.2) is 12.8 Å². The van der Waals surface area contributed by atoms with E-state index in [1.165, 1.54) is 10.4 Å². The molecule has 1 heterocycles. The number of ether oxygens (including phenoxy) is 2. The second-order valence-electron chi connectivity index (χ2n) is 10.0. The summed E-state index contributed by atoms with van der Waals surface area (Å²) in [7, 11) is 0. The van der Waals surface area contributed by atoms with Crippen LogP contribution in [0.3, 0.4) is 0 Å². The van der Waals surface area contributed by atoms with Crippen LogP contribution in [0.25, 0.3) is 0 Å². The molecular formula is C29H30Cl2N2O2S. The van der Waals surface area contributed by atoms with Crippen LogP contribution in [0.1, 0.15) is 61.2 Å². The topological polar surface area (TPSA) is 54.6 Å². The highest BCUT2D eigenvalue weighted by Crippen LogP contribution is 2.45. The van der Waals surface area contributed by atoms with Crippen LogP contribution in [0.2, 0.25) is 10.0 Å². The molecule has 0 amide bonds. The summed E-state index contributed by atoms with van der Waals surface area (Å²) in [4.78, 5) is 6.04. The fourth-order valence-corrected chi connectivity index (χ4v) is 5.98. The van der Waals surface area contributed by atoms with E-state index in [9.17, 15) is 5.26 Å². The minimum absolute atomic E-state index is 0.261. The highest BCUT2D eigenvalue weighted by molar-refractivity contribution is 7.16. The van der Waals surface area contributed by atoms with Gasteiger partial charge in [0.2, 0.25) is 0 Å². The molecule has 36 heavy (non-hydrogen) atoms. The van der Waals surface area contributed by atoms with Gasteiger partial charge in [-0.05, 0) is 84.5 Å². The Kier molecular flexibility index (Phi) is 8.30. The average molecular weight is 542 g/mol. The summed E-state index contributed by atoms with van der Waals surface area (Å²) >= 11 is 13.8. The quantitative estimate of drug-likeness (QED) is 0.281. The van der Waals surface area contributed by atoms with Crippen LogP contribution in [-0.2, 0) is 19.4 Å². The van der Waals surface area contributed by atoms with Crippen molar-refractivity contribution in [3.05, 3.63) is 73.6 Å². The molecule has 188 valence electrons. The number of rotatable bonds is 7. The predicted molar refractivity (Wildman–Crippen MR) is 150 cm³/mol. The summed E-state index contributed by atoms with van der Waals surface area (Å²) in [6.45, 7) is 9.68. The summed E-state index contributed by atoms with van der Waals surface area (Å²) in [6, 6.07) is 13.6. The van der Waals surface area contributed by atoms with Crippen LogP contribution < -0.4 is 9.47 Å². The summed E-state index contributed by atoms with van der Waals surface area (Å²) < 4.78 is 11.8. The van der Waals surface area contributed by atoms with Gasteiger partial charge in [0.15, 0.2) is 11.5 Å². The Morgan fingerprint density at radius 1 is 1.11 bits per heavy atom. The molecule has 0 spiro atoms. The summed E-state index contributed by atoms with van der Waals surface area (Å²) in [6.07, 6.45) is 4.88. The number of nitrogens with zero attached hydrogens (tertiary/aromatic N) is 2. The molecule has 4 nitrogen and oxygen atoms in total. The van der Waals surface area contributed by atoms with Gasteiger partial charge in [0.25, 0.3) is 0 Å². The molecule has 2 aromatic carbocycles. The number of nitriles is 1. The lowest BCUT2D eigenvalue weighted by molar-refractivity contribution is 0.218. The highest BCUT2D eigenvalue weighted by Gasteiger charge is 2.32. The Labute approximate surface area is 227 Å². The van der Waals surface area contributed by atoms with Gasteiger partial charge < -0.3 is 9.47 Å². The number of thiophene rings is 1. The largest absolute Gasteiger partial charge is 0.490 e. The van der Waals surface area contributed by atoms with Gasteiger partial charge in [0.05, 0.1) is 22.2 Å². The van der Waals surface area contributed by atoms with Crippen LogP contribution in [0.5, 0.6) is 11.5 Å². The van der Waals surface area contributed by atoms with E-state index in [0.29, 0.717) is 40.7 Å². The molecule has 1 aliphatic carbocycles. The van der Waals surface area contributed by atoms with E-state index in [1.807, 2.05) is 31.2 Å². The number of hydrogen-bond donors (Lipinski definition) is 0. The molecule has 0 fully saturated rings. The molecule has 1 atom stereocenters. The monoisotopic (exact) mass is 540 g/mol. The van der Waals surface area contributed by atoms with Crippen molar-refractivity contribution in [2.75, 3.05) is 6.61 Å². The summed E-state index contributed by atoms with van der Waals surface area (Å²) in [5, 5.41) is 11.6. The normalized spacial score (nSPS) is 15.5. The van der Waals surface area contributed by atoms with Gasteiger partial charge >= 0.3 is 0 Å². The maximum absolute atomic E-state index is 9.85. The van der Waals surface area contributed by atoms with E-state index in [0.717, 1.165) is 41.0 Å². The first-order valence-corrected chi connectivity index (χ1v) is 13.7. The Bertz CT molecular complexity index is 1320. The zero-order valence-corrected chi connectivity index (χ0v) is 23.4. The van der Waals surface area contributed by atoms with Gasteiger partial charge in [0.1, 0.15) is 17.7 Å². The van der Waals surface area contributed by atoms with Crippen molar-refractivity contribution < 1.29 is 9.47 Å². The van der Waals surface area contributed by atoms with Gasteiger partial charge in [-0.1, -0.05) is 50.0 Å². The number of halogens is 2. The molecule has 4 rings (SSSR count). The standard InChI is InChI=1S/C29H30Cl2N2O2S/c1-5-34-26-13-18(7-11-25(26)35-17-19-6-10-23(30)24(31)12-19)16-33-28-22(15-32)21-9-8-20(29(2,3)4)14-27(21)36-28/h6-7,10-13,16,20H,5,8-9,14,17H2,1-4H3/t20-/m0/s1. The van der Waals surface area contributed by atoms with Gasteiger partial charge in [-0.2, -0.15) is 5.26 Å². The van der Waals surface area contributed by atoms with Crippen molar-refractivity contribution in [2.45, 2.75) is 53.6 Å². The summed E-state index contributed by atoms with van der Waals surface area (Å²) in [5.74, 6) is 1.90. The van der Waals surface area contributed by atoms with E-state index in [4.69, 9.17) is 37.7 Å². The van der Waals surface area contributed by atoms with Gasteiger partial charge in [0, 0.05) is 11.1 Å². The third-order valence-corrected chi connectivity index (χ3v) is 8.46. The Balaban J connectivity index is 1.53. The minimum atomic E-state index is 0.261. The Morgan fingerprint density at radius 2 is 1.92 bits per heavy atom. The highest BCUT2D eigenvalue weighted by atomic mass is 35.5. The zero-order chi connectivity index (χ0) is 25.9. The van der Waals surface area contributed by atoms with Crippen LogP contribution >= 0.6 is 34.5 Å². The molecule has 0 radical (unpaired) electrons. The fraction of sp³-hybridized carbons (Fsp3) is 0.379. The smallest absolute Gasteiger partial charge is 0.161 e. The van der Waals surface area contributed by atoms with E-state index in [1.54, 1.807) is 29.7 Å². The SMILES string of the molecule is CCOc1cc(C=Nc2sc3c(c2C#N)CC[C@H](C(C)(C)C)C3)ccc1OCc1ccc(Cl)c(Cl)c1. The molecule has 0 saturated heterocycles. The molecule has 1 aliphatic rings. The lowest BCUT2D eigenvalue weighted by Crippen LogP contribution is -2.26. The van der Waals surface area contributed by atoms with E-state index >= 15 is 0 Å². The first-order chi connectivity index (χ1) is 17.2. The van der Waals surface area contributed by atoms with Crippen molar-refractivity contribution in [3.63, 3.8) is 0 Å². The first kappa shape index (κ1) is 26.5. The molecule has 7 heteroatoms. The van der Waals surface area contributed by atoms with E-state index in [2.05, 4.69) is 26.8 Å². The van der Waals surface area contributed by atoms with E-state index in [-0.39, 0.29) is 5.41 Å². The third kappa shape index (κ3) is 6.06. The average Bonchev–Trinajstić information content (AvgIpc) is 3.20. The molecule has 0 aliphatic heterocycles. The van der Waals surface area contributed by atoms with E-state index < -0.39 is 0 Å². The van der Waals surface area contributed by atoms with Gasteiger partial charge in [-0.25, -0.2) is 4.99 Å². The molecule has 0 unspecified atom stereocenters. The van der Waals surface area contributed by atoms with Gasteiger partial charge in [-0.3, -0.25) is 0 Å². The molecule has 0 N–H and O–H groups in total. The number of aliphatic imine (C=N–C) groups is 1. The lowest BCUT2D eigenvalue weighted by atomic mass is 9.72. The second kappa shape index (κ2) is 11.3. The van der Waals surface area contributed by atoms with Crippen molar-refractivity contribution in [1.29, 1.82) is 5.26 Å². The maximum atomic E-state index is 9.85.